The third kappa shape index (κ3) is 6.12. The summed E-state index contributed by atoms with van der Waals surface area (Å²) < 4.78 is 13.8. The Balaban J connectivity index is 1.64. The van der Waals surface area contributed by atoms with Gasteiger partial charge in [0.2, 0.25) is 0 Å². The predicted octanol–water partition coefficient (Wildman–Crippen LogP) is 2.81. The number of hydrogen-bond acceptors (Lipinski definition) is 2. The number of rotatable bonds is 7. The lowest BCUT2D eigenvalue weighted by atomic mass is 9.97. The van der Waals surface area contributed by atoms with Gasteiger partial charge in [-0.05, 0) is 37.0 Å². The molecule has 6 heteroatoms. The van der Waals surface area contributed by atoms with E-state index in [1.165, 1.54) is 17.7 Å². The minimum absolute atomic E-state index is 0.0643. The van der Waals surface area contributed by atoms with Crippen molar-refractivity contribution in [3.63, 3.8) is 0 Å². The number of nitrogens with one attached hydrogen (secondary N) is 2. The number of carbonyl (C=O) groups excluding carboxylic acids is 2. The molecule has 1 fully saturated rings. The maximum atomic E-state index is 13.8. The number of carbonyl (C=O) groups is 2. The Labute approximate surface area is 171 Å². The van der Waals surface area contributed by atoms with Gasteiger partial charge in [-0.3, -0.25) is 10.1 Å². The molecule has 0 aliphatic heterocycles. The highest BCUT2D eigenvalue weighted by Gasteiger charge is 2.22. The molecule has 4 N–H and O–H groups in total. The second kappa shape index (κ2) is 10.2. The van der Waals surface area contributed by atoms with E-state index in [0.717, 1.165) is 43.2 Å². The molecule has 1 aliphatic carbocycles. The van der Waals surface area contributed by atoms with Gasteiger partial charge < -0.3 is 10.6 Å². The summed E-state index contributed by atoms with van der Waals surface area (Å²) in [6.07, 6.45) is 5.08. The summed E-state index contributed by atoms with van der Waals surface area (Å²) in [6, 6.07) is 14.0. The number of quaternary nitrogens is 1. The standard InChI is InChI=1S/C23H28FN3O2/c1-2-16-10-12-17(13-11-16)22(18-6-5-7-19(24)14-18)25-15-21(28)27-23(29)26-20-8-3-4-9-20/h5-7,10-14,20,22,25H,2-4,8-9,15H2,1H3,(H2,26,27,28,29)/p+1/t22-/m1/s1. The summed E-state index contributed by atoms with van der Waals surface area (Å²) in [7, 11) is 0. The molecular formula is C23H29FN3O2+. The molecular weight excluding hydrogens is 369 g/mol. The lowest BCUT2D eigenvalue weighted by molar-refractivity contribution is -0.676. The van der Waals surface area contributed by atoms with Gasteiger partial charge >= 0.3 is 6.03 Å². The zero-order valence-corrected chi connectivity index (χ0v) is 16.8. The number of amides is 3. The molecule has 0 spiro atoms. The van der Waals surface area contributed by atoms with E-state index in [1.807, 2.05) is 35.6 Å². The van der Waals surface area contributed by atoms with Crippen molar-refractivity contribution in [1.29, 1.82) is 0 Å². The first-order valence-electron chi connectivity index (χ1n) is 10.3. The number of urea groups is 1. The molecule has 0 bridgehead atoms. The molecule has 1 atom stereocenters. The summed E-state index contributed by atoms with van der Waals surface area (Å²) in [5, 5.41) is 7.07. The molecule has 0 aromatic heterocycles. The van der Waals surface area contributed by atoms with Crippen LogP contribution < -0.4 is 16.0 Å². The number of aryl methyl sites for hydroxylation is 1. The van der Waals surface area contributed by atoms with Crippen LogP contribution in [0, 0.1) is 5.82 Å². The van der Waals surface area contributed by atoms with E-state index in [-0.39, 0.29) is 30.4 Å². The highest BCUT2D eigenvalue weighted by atomic mass is 19.1. The largest absolute Gasteiger partial charge is 0.335 e. The molecule has 2 aromatic rings. The summed E-state index contributed by atoms with van der Waals surface area (Å²) in [5.74, 6) is -0.682. The first kappa shape index (κ1) is 21.0. The average molecular weight is 399 g/mol. The molecule has 0 unspecified atom stereocenters. The number of benzene rings is 2. The quantitative estimate of drug-likeness (QED) is 0.671. The number of halogens is 1. The van der Waals surface area contributed by atoms with Crippen LogP contribution in [0.3, 0.4) is 0 Å². The SMILES string of the molecule is CCc1ccc([C@@H]([NH2+]CC(=O)NC(=O)NC2CCCC2)c2cccc(F)c2)cc1. The van der Waals surface area contributed by atoms with E-state index in [0.29, 0.717) is 0 Å². The van der Waals surface area contributed by atoms with E-state index in [2.05, 4.69) is 17.6 Å². The fraction of sp³-hybridized carbons (Fsp3) is 0.391. The fourth-order valence-electron chi connectivity index (χ4n) is 3.82. The molecule has 1 aliphatic rings. The molecule has 29 heavy (non-hydrogen) atoms. The van der Waals surface area contributed by atoms with Crippen molar-refractivity contribution in [2.24, 2.45) is 0 Å². The van der Waals surface area contributed by atoms with Gasteiger partial charge in [-0.2, -0.15) is 0 Å². The van der Waals surface area contributed by atoms with Crippen molar-refractivity contribution in [2.45, 2.75) is 51.1 Å². The van der Waals surface area contributed by atoms with E-state index >= 15 is 0 Å². The van der Waals surface area contributed by atoms with E-state index in [9.17, 15) is 14.0 Å². The van der Waals surface area contributed by atoms with E-state index in [4.69, 9.17) is 0 Å². The Hall–Kier alpha value is -2.73. The Morgan fingerprint density at radius 2 is 1.83 bits per heavy atom. The summed E-state index contributed by atoms with van der Waals surface area (Å²) in [5.41, 5.74) is 2.97. The molecule has 3 amide bonds. The highest BCUT2D eigenvalue weighted by molar-refractivity contribution is 5.94. The van der Waals surface area contributed by atoms with Gasteiger partial charge in [0.25, 0.3) is 5.91 Å². The minimum Gasteiger partial charge on any atom is -0.335 e. The smallest absolute Gasteiger partial charge is 0.321 e. The molecule has 2 aromatic carbocycles. The van der Waals surface area contributed by atoms with E-state index < -0.39 is 6.03 Å². The van der Waals surface area contributed by atoms with Gasteiger partial charge in [-0.25, -0.2) is 9.18 Å². The third-order valence-electron chi connectivity index (χ3n) is 5.44. The Bertz CT molecular complexity index is 832. The number of nitrogens with two attached hydrogens (primary N) is 1. The maximum Gasteiger partial charge on any atom is 0.321 e. The predicted molar refractivity (Wildman–Crippen MR) is 110 cm³/mol. The zero-order valence-electron chi connectivity index (χ0n) is 16.8. The van der Waals surface area contributed by atoms with Crippen LogP contribution in [0.15, 0.2) is 48.5 Å². The third-order valence-corrected chi connectivity index (χ3v) is 5.44. The Morgan fingerprint density at radius 3 is 2.48 bits per heavy atom. The zero-order chi connectivity index (χ0) is 20.6. The molecule has 3 rings (SSSR count). The van der Waals surface area contributed by atoms with Crippen LogP contribution >= 0.6 is 0 Å². The molecule has 0 radical (unpaired) electrons. The van der Waals surface area contributed by atoms with Crippen molar-refractivity contribution in [3.8, 4) is 0 Å². The molecule has 0 saturated heterocycles. The summed E-state index contributed by atoms with van der Waals surface area (Å²) in [6.45, 7) is 2.15. The minimum atomic E-state index is -0.440. The summed E-state index contributed by atoms with van der Waals surface area (Å²) >= 11 is 0. The molecule has 0 heterocycles. The second-order valence-corrected chi connectivity index (χ2v) is 7.57. The summed E-state index contributed by atoms with van der Waals surface area (Å²) in [4.78, 5) is 24.3. The molecule has 1 saturated carbocycles. The van der Waals surface area contributed by atoms with Crippen molar-refractivity contribution < 1.29 is 19.3 Å². The number of hydrogen-bond donors (Lipinski definition) is 3. The van der Waals surface area contributed by atoms with Gasteiger partial charge in [-0.15, -0.1) is 0 Å². The van der Waals surface area contributed by atoms with Crippen LogP contribution in [0.5, 0.6) is 0 Å². The van der Waals surface area contributed by atoms with Crippen LogP contribution in [-0.2, 0) is 11.2 Å². The van der Waals surface area contributed by atoms with Crippen LogP contribution in [0.25, 0.3) is 0 Å². The van der Waals surface area contributed by atoms with Crippen molar-refractivity contribution in [2.75, 3.05) is 6.54 Å². The first-order chi connectivity index (χ1) is 14.0. The van der Waals surface area contributed by atoms with Gasteiger partial charge in [0.1, 0.15) is 11.9 Å². The topological polar surface area (TPSA) is 74.8 Å². The van der Waals surface area contributed by atoms with Crippen LogP contribution in [0.1, 0.15) is 55.3 Å². The Morgan fingerprint density at radius 1 is 1.10 bits per heavy atom. The van der Waals surface area contributed by atoms with Crippen molar-refractivity contribution in [1.82, 2.24) is 10.6 Å². The van der Waals surface area contributed by atoms with Crippen LogP contribution in [-0.4, -0.2) is 24.5 Å². The Kier molecular flexibility index (Phi) is 7.36. The normalized spacial score (nSPS) is 15.1. The van der Waals surface area contributed by atoms with Crippen molar-refractivity contribution in [3.05, 3.63) is 71.0 Å². The monoisotopic (exact) mass is 398 g/mol. The van der Waals surface area contributed by atoms with Gasteiger partial charge in [-0.1, -0.05) is 56.2 Å². The van der Waals surface area contributed by atoms with Gasteiger partial charge in [0, 0.05) is 17.2 Å². The van der Waals surface area contributed by atoms with E-state index in [1.54, 1.807) is 6.07 Å². The fourth-order valence-corrected chi connectivity index (χ4v) is 3.82. The first-order valence-corrected chi connectivity index (χ1v) is 10.3. The van der Waals surface area contributed by atoms with Crippen molar-refractivity contribution >= 4 is 11.9 Å². The average Bonchev–Trinajstić information content (AvgIpc) is 3.21. The molecule has 5 nitrogen and oxygen atoms in total. The lowest BCUT2D eigenvalue weighted by Crippen LogP contribution is -2.88. The van der Waals surface area contributed by atoms with Crippen LogP contribution in [0.2, 0.25) is 0 Å². The lowest BCUT2D eigenvalue weighted by Gasteiger charge is -2.17. The number of imide groups is 1. The van der Waals surface area contributed by atoms with Gasteiger partial charge in [0.05, 0.1) is 0 Å². The second-order valence-electron chi connectivity index (χ2n) is 7.57. The van der Waals surface area contributed by atoms with Crippen LogP contribution in [0.4, 0.5) is 9.18 Å². The van der Waals surface area contributed by atoms with Gasteiger partial charge in [0.15, 0.2) is 6.54 Å². The highest BCUT2D eigenvalue weighted by Crippen LogP contribution is 2.20. The maximum absolute atomic E-state index is 13.8. The molecule has 154 valence electrons.